The van der Waals surface area contributed by atoms with Gasteiger partial charge in [-0.15, -0.1) is 0 Å². The van der Waals surface area contributed by atoms with Crippen LogP contribution < -0.4 is 35.0 Å². The average Bonchev–Trinajstić information content (AvgIpc) is 3.03. The van der Waals surface area contributed by atoms with Gasteiger partial charge in [0.2, 0.25) is 0 Å². The quantitative estimate of drug-likeness (QED) is 0.147. The maximum Gasteiger partial charge on any atom is 0.338 e. The molecule has 4 rings (SSSR count). The molecule has 45 heavy (non-hydrogen) atoms. The van der Waals surface area contributed by atoms with Crippen LogP contribution in [0.5, 0.6) is 23.0 Å². The predicted molar refractivity (Wildman–Crippen MR) is 162 cm³/mol. The van der Waals surface area contributed by atoms with Crippen molar-refractivity contribution in [1.29, 1.82) is 0 Å². The van der Waals surface area contributed by atoms with Crippen LogP contribution >= 0.6 is 0 Å². The number of rotatable bonds is 13. The molecule has 3 aromatic carbocycles. The van der Waals surface area contributed by atoms with Crippen molar-refractivity contribution in [3.63, 3.8) is 0 Å². The highest BCUT2D eigenvalue weighted by Crippen LogP contribution is 2.34. The first-order valence-electron chi connectivity index (χ1n) is 13.9. The standard InChI is InChI=1S/C32H33FN4O8/c1-5-43-31(39)29-19(2)35-32(40)36-30(29)21-11-13-25(27(15-21)42-4)45-18-28(38)37-34-16-20-10-12-24(26(14-20)41-3)44-17-22-8-6-7-9-23(22)33/h6-16,30H,5,17-18H2,1-4H3,(H,37,38)(H2,35,36,40)/b34-16-/t30-/m1/s1. The van der Waals surface area contributed by atoms with E-state index in [0.29, 0.717) is 33.9 Å². The van der Waals surface area contributed by atoms with Crippen LogP contribution in [0.25, 0.3) is 0 Å². The van der Waals surface area contributed by atoms with Gasteiger partial charge in [0.05, 0.1) is 38.7 Å². The second-order valence-corrected chi connectivity index (χ2v) is 9.57. The van der Waals surface area contributed by atoms with E-state index < -0.39 is 23.9 Å². The third-order valence-electron chi connectivity index (χ3n) is 6.58. The Bertz CT molecular complexity index is 1620. The normalized spacial score (nSPS) is 14.3. The number of hydrogen-bond donors (Lipinski definition) is 3. The van der Waals surface area contributed by atoms with Crippen molar-refractivity contribution in [2.24, 2.45) is 5.10 Å². The Morgan fingerprint density at radius 2 is 1.69 bits per heavy atom. The van der Waals surface area contributed by atoms with Gasteiger partial charge in [0, 0.05) is 11.3 Å². The molecule has 1 aliphatic rings. The molecule has 3 aromatic rings. The van der Waals surface area contributed by atoms with E-state index in [9.17, 15) is 18.8 Å². The summed E-state index contributed by atoms with van der Waals surface area (Å²) in [4.78, 5) is 37.2. The molecule has 0 aliphatic carbocycles. The van der Waals surface area contributed by atoms with Crippen molar-refractivity contribution < 1.29 is 42.5 Å². The number of benzene rings is 3. The van der Waals surface area contributed by atoms with E-state index in [1.807, 2.05) is 0 Å². The third kappa shape index (κ3) is 8.28. The highest BCUT2D eigenvalue weighted by atomic mass is 19.1. The number of allylic oxidation sites excluding steroid dienone is 1. The van der Waals surface area contributed by atoms with Crippen LogP contribution in [0, 0.1) is 5.82 Å². The molecule has 12 nitrogen and oxygen atoms in total. The van der Waals surface area contributed by atoms with Crippen LogP contribution in [0.15, 0.2) is 77.0 Å². The monoisotopic (exact) mass is 620 g/mol. The van der Waals surface area contributed by atoms with Gasteiger partial charge in [0.1, 0.15) is 12.4 Å². The third-order valence-corrected chi connectivity index (χ3v) is 6.58. The van der Waals surface area contributed by atoms with Crippen LogP contribution in [-0.4, -0.2) is 51.6 Å². The largest absolute Gasteiger partial charge is 0.493 e. The van der Waals surface area contributed by atoms with Gasteiger partial charge in [-0.1, -0.05) is 24.3 Å². The fourth-order valence-electron chi connectivity index (χ4n) is 4.42. The second-order valence-electron chi connectivity index (χ2n) is 9.57. The molecule has 0 radical (unpaired) electrons. The number of methoxy groups -OCH3 is 2. The van der Waals surface area contributed by atoms with Crippen molar-refractivity contribution in [3.05, 3.63) is 94.4 Å². The summed E-state index contributed by atoms with van der Waals surface area (Å²) in [6.45, 7) is 3.13. The number of esters is 1. The highest BCUT2D eigenvalue weighted by molar-refractivity contribution is 5.95. The van der Waals surface area contributed by atoms with Crippen molar-refractivity contribution >= 4 is 24.1 Å². The number of urea groups is 1. The summed E-state index contributed by atoms with van der Waals surface area (Å²) < 4.78 is 41.2. The number of hydrazone groups is 1. The van der Waals surface area contributed by atoms with E-state index >= 15 is 0 Å². The molecular formula is C32H33FN4O8. The summed E-state index contributed by atoms with van der Waals surface area (Å²) in [6, 6.07) is 14.9. The number of nitrogens with one attached hydrogen (secondary N) is 3. The summed E-state index contributed by atoms with van der Waals surface area (Å²) in [6.07, 6.45) is 1.42. The van der Waals surface area contributed by atoms with Crippen LogP contribution in [-0.2, 0) is 20.9 Å². The molecule has 1 aliphatic heterocycles. The van der Waals surface area contributed by atoms with E-state index in [-0.39, 0.29) is 42.7 Å². The molecule has 3 amide bonds. The Hall–Kier alpha value is -5.59. The van der Waals surface area contributed by atoms with Gasteiger partial charge in [-0.25, -0.2) is 19.4 Å². The fourth-order valence-corrected chi connectivity index (χ4v) is 4.42. The van der Waals surface area contributed by atoms with Gasteiger partial charge in [-0.3, -0.25) is 4.79 Å². The van der Waals surface area contributed by atoms with E-state index in [4.69, 9.17) is 23.7 Å². The number of nitrogens with zero attached hydrogens (tertiary/aromatic N) is 1. The maximum atomic E-state index is 13.9. The minimum atomic E-state index is -0.788. The highest BCUT2D eigenvalue weighted by Gasteiger charge is 2.32. The number of halogens is 1. The average molecular weight is 621 g/mol. The summed E-state index contributed by atoms with van der Waals surface area (Å²) in [7, 11) is 2.90. The van der Waals surface area contributed by atoms with Crippen LogP contribution in [0.1, 0.15) is 36.6 Å². The number of hydrogen-bond acceptors (Lipinski definition) is 9. The van der Waals surface area contributed by atoms with Crippen molar-refractivity contribution in [2.75, 3.05) is 27.4 Å². The van der Waals surface area contributed by atoms with Crippen LogP contribution in [0.4, 0.5) is 9.18 Å². The SMILES string of the molecule is CCOC(=O)C1=C(C)NC(=O)N[C@@H]1c1ccc(OCC(=O)N/N=C\c2ccc(OCc3ccccc3F)c(OC)c2)c(OC)c1. The van der Waals surface area contributed by atoms with Crippen molar-refractivity contribution in [1.82, 2.24) is 16.1 Å². The summed E-state index contributed by atoms with van der Waals surface area (Å²) in [5.41, 5.74) is 4.59. The van der Waals surface area contributed by atoms with Gasteiger partial charge < -0.3 is 34.3 Å². The maximum absolute atomic E-state index is 13.9. The van der Waals surface area contributed by atoms with Gasteiger partial charge >= 0.3 is 12.0 Å². The first-order valence-corrected chi connectivity index (χ1v) is 13.9. The summed E-state index contributed by atoms with van der Waals surface area (Å²) in [5, 5.41) is 9.26. The van der Waals surface area contributed by atoms with Gasteiger partial charge in [0.25, 0.3) is 5.91 Å². The van der Waals surface area contributed by atoms with E-state index in [2.05, 4.69) is 21.2 Å². The molecule has 0 aromatic heterocycles. The lowest BCUT2D eigenvalue weighted by molar-refractivity contribution is -0.139. The van der Waals surface area contributed by atoms with E-state index in [1.165, 1.54) is 26.5 Å². The van der Waals surface area contributed by atoms with Gasteiger partial charge in [-0.2, -0.15) is 5.10 Å². The Kier molecular flexibility index (Phi) is 10.9. The number of amides is 3. The molecular weight excluding hydrogens is 587 g/mol. The molecule has 1 atom stereocenters. The molecule has 13 heteroatoms. The Labute approximate surface area is 259 Å². The zero-order valence-electron chi connectivity index (χ0n) is 25.1. The Balaban J connectivity index is 1.35. The lowest BCUT2D eigenvalue weighted by Crippen LogP contribution is -2.45. The second kappa shape index (κ2) is 15.2. The Morgan fingerprint density at radius 3 is 2.42 bits per heavy atom. The zero-order chi connectivity index (χ0) is 32.3. The van der Waals surface area contributed by atoms with Crippen molar-refractivity contribution in [2.45, 2.75) is 26.5 Å². The molecule has 0 unspecified atom stereocenters. The molecule has 236 valence electrons. The molecule has 0 saturated carbocycles. The fraction of sp³-hybridized carbons (Fsp3) is 0.250. The first kappa shape index (κ1) is 32.3. The number of carbonyl (C=O) groups is 3. The first-order chi connectivity index (χ1) is 21.7. The minimum absolute atomic E-state index is 0.0278. The lowest BCUT2D eigenvalue weighted by Gasteiger charge is -2.28. The minimum Gasteiger partial charge on any atom is -0.493 e. The lowest BCUT2D eigenvalue weighted by atomic mass is 9.95. The Morgan fingerprint density at radius 1 is 0.978 bits per heavy atom. The smallest absolute Gasteiger partial charge is 0.338 e. The predicted octanol–water partition coefficient (Wildman–Crippen LogP) is 4.14. The number of carbonyl (C=O) groups excluding carboxylic acids is 3. The summed E-state index contributed by atoms with van der Waals surface area (Å²) >= 11 is 0. The van der Waals surface area contributed by atoms with Crippen LogP contribution in [0.2, 0.25) is 0 Å². The van der Waals surface area contributed by atoms with E-state index in [1.54, 1.807) is 68.4 Å². The van der Waals surface area contributed by atoms with Crippen molar-refractivity contribution in [3.8, 4) is 23.0 Å². The molecule has 0 bridgehead atoms. The number of ether oxygens (including phenoxy) is 5. The molecule has 0 saturated heterocycles. The summed E-state index contributed by atoms with van der Waals surface area (Å²) in [5.74, 6) is -0.101. The topological polar surface area (TPSA) is 146 Å². The molecule has 1 heterocycles. The zero-order valence-corrected chi connectivity index (χ0v) is 25.1. The van der Waals surface area contributed by atoms with Gasteiger partial charge in [-0.05, 0) is 61.4 Å². The van der Waals surface area contributed by atoms with Gasteiger partial charge in [0.15, 0.2) is 29.6 Å². The van der Waals surface area contributed by atoms with Crippen LogP contribution in [0.3, 0.4) is 0 Å². The molecule has 0 fully saturated rings. The molecule has 0 spiro atoms. The van der Waals surface area contributed by atoms with E-state index in [0.717, 1.165) is 0 Å². The molecule has 3 N–H and O–H groups in total.